The summed E-state index contributed by atoms with van der Waals surface area (Å²) in [6, 6.07) is 0. The standard InChI is InChI=1S/C13H24N2O4/c1-6-7-13(5,11(18)19)15-9(16)8-14-10(17)12(2,3)4/h6-8H2,1-5H3,(H,14,17)(H,15,16)(H,18,19). The van der Waals surface area contributed by atoms with Gasteiger partial charge in [0.2, 0.25) is 11.8 Å². The molecule has 6 heteroatoms. The summed E-state index contributed by atoms with van der Waals surface area (Å²) in [7, 11) is 0. The zero-order valence-corrected chi connectivity index (χ0v) is 12.3. The van der Waals surface area contributed by atoms with Crippen molar-refractivity contribution in [3.63, 3.8) is 0 Å². The molecule has 0 saturated heterocycles. The summed E-state index contributed by atoms with van der Waals surface area (Å²) in [5, 5.41) is 14.0. The fourth-order valence-corrected chi connectivity index (χ4v) is 1.50. The number of aliphatic carboxylic acids is 1. The highest BCUT2D eigenvalue weighted by Crippen LogP contribution is 2.13. The van der Waals surface area contributed by atoms with Gasteiger partial charge >= 0.3 is 5.97 Å². The lowest BCUT2D eigenvalue weighted by atomic mass is 9.95. The van der Waals surface area contributed by atoms with E-state index >= 15 is 0 Å². The van der Waals surface area contributed by atoms with E-state index in [9.17, 15) is 14.4 Å². The molecule has 110 valence electrons. The molecule has 0 aliphatic heterocycles. The Bertz CT molecular complexity index is 360. The van der Waals surface area contributed by atoms with Crippen LogP contribution in [0.15, 0.2) is 0 Å². The molecule has 0 fully saturated rings. The van der Waals surface area contributed by atoms with Crippen LogP contribution in [0.4, 0.5) is 0 Å². The minimum Gasteiger partial charge on any atom is -0.480 e. The van der Waals surface area contributed by atoms with Crippen LogP contribution in [0.5, 0.6) is 0 Å². The van der Waals surface area contributed by atoms with Gasteiger partial charge in [0.25, 0.3) is 0 Å². The van der Waals surface area contributed by atoms with E-state index in [2.05, 4.69) is 10.6 Å². The van der Waals surface area contributed by atoms with E-state index in [0.717, 1.165) is 0 Å². The Balaban J connectivity index is 4.45. The van der Waals surface area contributed by atoms with E-state index in [4.69, 9.17) is 5.11 Å². The SMILES string of the molecule is CCCC(C)(NC(=O)CNC(=O)C(C)(C)C)C(=O)O. The lowest BCUT2D eigenvalue weighted by Crippen LogP contribution is -2.54. The Morgan fingerprint density at radius 2 is 1.63 bits per heavy atom. The fraction of sp³-hybridized carbons (Fsp3) is 0.769. The van der Waals surface area contributed by atoms with Gasteiger partial charge in [-0.3, -0.25) is 9.59 Å². The second-order valence-electron chi connectivity index (χ2n) is 5.87. The highest BCUT2D eigenvalue weighted by Gasteiger charge is 2.33. The number of carbonyl (C=O) groups is 3. The van der Waals surface area contributed by atoms with Crippen molar-refractivity contribution in [2.45, 2.75) is 53.0 Å². The summed E-state index contributed by atoms with van der Waals surface area (Å²) in [4.78, 5) is 34.4. The Labute approximate surface area is 113 Å². The largest absolute Gasteiger partial charge is 0.480 e. The van der Waals surface area contributed by atoms with E-state index in [1.807, 2.05) is 6.92 Å². The van der Waals surface area contributed by atoms with E-state index in [1.165, 1.54) is 6.92 Å². The van der Waals surface area contributed by atoms with Crippen molar-refractivity contribution < 1.29 is 19.5 Å². The monoisotopic (exact) mass is 272 g/mol. The molecule has 3 N–H and O–H groups in total. The normalized spacial score (nSPS) is 14.4. The lowest BCUT2D eigenvalue weighted by Gasteiger charge is -2.26. The number of hydrogen-bond acceptors (Lipinski definition) is 3. The van der Waals surface area contributed by atoms with Gasteiger partial charge in [0, 0.05) is 5.41 Å². The topological polar surface area (TPSA) is 95.5 Å². The number of carbonyl (C=O) groups excluding carboxylic acids is 2. The van der Waals surface area contributed by atoms with Gasteiger partial charge in [0.05, 0.1) is 6.54 Å². The zero-order valence-electron chi connectivity index (χ0n) is 12.3. The molecule has 1 unspecified atom stereocenters. The molecule has 6 nitrogen and oxygen atoms in total. The number of rotatable bonds is 6. The van der Waals surface area contributed by atoms with Crippen molar-refractivity contribution in [3.05, 3.63) is 0 Å². The highest BCUT2D eigenvalue weighted by molar-refractivity contribution is 5.90. The van der Waals surface area contributed by atoms with Crippen LogP contribution in [0.25, 0.3) is 0 Å². The average molecular weight is 272 g/mol. The molecule has 19 heavy (non-hydrogen) atoms. The molecule has 0 aromatic rings. The van der Waals surface area contributed by atoms with E-state index in [1.54, 1.807) is 20.8 Å². The molecule has 1 atom stereocenters. The van der Waals surface area contributed by atoms with Gasteiger partial charge in [-0.05, 0) is 13.3 Å². The second-order valence-corrected chi connectivity index (χ2v) is 5.87. The quantitative estimate of drug-likeness (QED) is 0.669. The number of amides is 2. The van der Waals surface area contributed by atoms with E-state index < -0.39 is 22.8 Å². The van der Waals surface area contributed by atoms with Crippen LogP contribution in [0.2, 0.25) is 0 Å². The number of carboxylic acids is 1. The fourth-order valence-electron chi connectivity index (χ4n) is 1.50. The summed E-state index contributed by atoms with van der Waals surface area (Å²) in [5.41, 5.74) is -1.88. The zero-order chi connectivity index (χ0) is 15.3. The van der Waals surface area contributed by atoms with Crippen LogP contribution < -0.4 is 10.6 Å². The lowest BCUT2D eigenvalue weighted by molar-refractivity contribution is -0.147. The first-order valence-corrected chi connectivity index (χ1v) is 6.35. The van der Waals surface area contributed by atoms with Crippen molar-refractivity contribution in [1.82, 2.24) is 10.6 Å². The Hall–Kier alpha value is -1.59. The first kappa shape index (κ1) is 17.4. The van der Waals surface area contributed by atoms with E-state index in [-0.39, 0.29) is 12.5 Å². The molecule has 0 radical (unpaired) electrons. The summed E-state index contributed by atoms with van der Waals surface area (Å²) < 4.78 is 0. The highest BCUT2D eigenvalue weighted by atomic mass is 16.4. The number of carboxylic acid groups (broad SMARTS) is 1. The van der Waals surface area contributed by atoms with Crippen molar-refractivity contribution in [1.29, 1.82) is 0 Å². The van der Waals surface area contributed by atoms with E-state index in [0.29, 0.717) is 12.8 Å². The Morgan fingerprint density at radius 1 is 1.11 bits per heavy atom. The minimum atomic E-state index is -1.29. The average Bonchev–Trinajstić information content (AvgIpc) is 2.24. The van der Waals surface area contributed by atoms with Gasteiger partial charge in [-0.2, -0.15) is 0 Å². The number of hydrogen-bond donors (Lipinski definition) is 3. The van der Waals surface area contributed by atoms with Crippen molar-refractivity contribution in [3.8, 4) is 0 Å². The van der Waals surface area contributed by atoms with Crippen molar-refractivity contribution in [2.24, 2.45) is 5.41 Å². The first-order valence-electron chi connectivity index (χ1n) is 6.35. The summed E-state index contributed by atoms with van der Waals surface area (Å²) in [6.07, 6.45) is 0.971. The Kier molecular flexibility index (Phi) is 5.99. The maximum Gasteiger partial charge on any atom is 0.329 e. The van der Waals surface area contributed by atoms with Gasteiger partial charge in [-0.15, -0.1) is 0 Å². The minimum absolute atomic E-state index is 0.220. The second kappa shape index (κ2) is 6.54. The van der Waals surface area contributed by atoms with Gasteiger partial charge < -0.3 is 15.7 Å². The smallest absolute Gasteiger partial charge is 0.329 e. The summed E-state index contributed by atoms with van der Waals surface area (Å²) in [6.45, 7) is 8.29. The molecule has 0 spiro atoms. The molecule has 0 aromatic carbocycles. The van der Waals surface area contributed by atoms with Gasteiger partial charge in [-0.25, -0.2) is 4.79 Å². The molecule has 0 aromatic heterocycles. The molecule has 0 heterocycles. The van der Waals surface area contributed by atoms with Crippen molar-refractivity contribution >= 4 is 17.8 Å². The van der Waals surface area contributed by atoms with Crippen LogP contribution >= 0.6 is 0 Å². The maximum absolute atomic E-state index is 11.7. The third-order valence-corrected chi connectivity index (χ3v) is 2.73. The molecule has 0 aliphatic carbocycles. The third-order valence-electron chi connectivity index (χ3n) is 2.73. The molecular formula is C13H24N2O4. The summed E-state index contributed by atoms with van der Waals surface area (Å²) >= 11 is 0. The molecule has 0 rings (SSSR count). The maximum atomic E-state index is 11.7. The predicted molar refractivity (Wildman–Crippen MR) is 71.6 cm³/mol. The molecular weight excluding hydrogens is 248 g/mol. The van der Waals surface area contributed by atoms with Crippen LogP contribution in [-0.4, -0.2) is 35.0 Å². The van der Waals surface area contributed by atoms with Crippen LogP contribution in [0, 0.1) is 5.41 Å². The molecule has 0 bridgehead atoms. The van der Waals surface area contributed by atoms with Gasteiger partial charge in [0.1, 0.15) is 5.54 Å². The van der Waals surface area contributed by atoms with Crippen LogP contribution in [0.1, 0.15) is 47.5 Å². The predicted octanol–water partition coefficient (Wildman–Crippen LogP) is 0.908. The Morgan fingerprint density at radius 3 is 2.00 bits per heavy atom. The van der Waals surface area contributed by atoms with Gasteiger partial charge in [-0.1, -0.05) is 34.1 Å². The molecule has 0 aliphatic rings. The first-order chi connectivity index (χ1) is 8.53. The molecule has 2 amide bonds. The van der Waals surface area contributed by atoms with Gasteiger partial charge in [0.15, 0.2) is 0 Å². The van der Waals surface area contributed by atoms with Crippen molar-refractivity contribution in [2.75, 3.05) is 6.54 Å². The molecule has 0 saturated carbocycles. The third kappa shape index (κ3) is 5.72. The van der Waals surface area contributed by atoms with Crippen LogP contribution in [0.3, 0.4) is 0 Å². The summed E-state index contributed by atoms with van der Waals surface area (Å²) in [5.74, 6) is -1.84. The van der Waals surface area contributed by atoms with Crippen LogP contribution in [-0.2, 0) is 14.4 Å². The number of nitrogens with one attached hydrogen (secondary N) is 2.